The van der Waals surface area contributed by atoms with Gasteiger partial charge in [0.15, 0.2) is 5.84 Å². The number of likely N-dealkylation sites (N-methyl/N-ethyl adjacent to an activating group) is 1. The van der Waals surface area contributed by atoms with E-state index in [1.807, 2.05) is 26.0 Å². The first-order valence-corrected chi connectivity index (χ1v) is 6.62. The first-order valence-electron chi connectivity index (χ1n) is 6.24. The normalized spacial score (nSPS) is 11.6. The van der Waals surface area contributed by atoms with E-state index in [-0.39, 0.29) is 5.84 Å². The molecule has 0 fully saturated rings. The van der Waals surface area contributed by atoms with Gasteiger partial charge in [-0.2, -0.15) is 0 Å². The fourth-order valence-corrected chi connectivity index (χ4v) is 2.11. The lowest BCUT2D eigenvalue weighted by atomic mass is 10.1. The summed E-state index contributed by atoms with van der Waals surface area (Å²) in [5, 5.41) is 12.4. The van der Waals surface area contributed by atoms with Crippen LogP contribution in [0.4, 0.5) is 5.69 Å². The average Bonchev–Trinajstić information content (AvgIpc) is 2.43. The molecule has 1 aromatic rings. The van der Waals surface area contributed by atoms with Crippen LogP contribution in [0.25, 0.3) is 0 Å². The van der Waals surface area contributed by atoms with Gasteiger partial charge in [0.1, 0.15) is 0 Å². The maximum absolute atomic E-state index is 8.87. The van der Waals surface area contributed by atoms with Crippen LogP contribution in [0.1, 0.15) is 19.4 Å². The highest BCUT2D eigenvalue weighted by molar-refractivity contribution is 6.34. The van der Waals surface area contributed by atoms with Crippen molar-refractivity contribution in [1.82, 2.24) is 0 Å². The summed E-state index contributed by atoms with van der Waals surface area (Å²) in [5.41, 5.74) is 7.09. The lowest BCUT2D eigenvalue weighted by Gasteiger charge is -2.25. The summed E-state index contributed by atoms with van der Waals surface area (Å²) in [4.78, 5) is 2.08. The fraction of sp³-hybridized carbons (Fsp3) is 0.462. The van der Waals surface area contributed by atoms with Gasteiger partial charge in [-0.25, -0.2) is 0 Å². The van der Waals surface area contributed by atoms with Crippen LogP contribution in [-0.2, 0) is 4.74 Å². The van der Waals surface area contributed by atoms with Gasteiger partial charge in [0.25, 0.3) is 0 Å². The Labute approximate surface area is 118 Å². The van der Waals surface area contributed by atoms with E-state index in [1.165, 1.54) is 0 Å². The second-order valence-corrected chi connectivity index (χ2v) is 4.30. The van der Waals surface area contributed by atoms with Gasteiger partial charge in [-0.05, 0) is 26.0 Å². The van der Waals surface area contributed by atoms with Gasteiger partial charge >= 0.3 is 0 Å². The molecule has 6 heteroatoms. The monoisotopic (exact) mass is 285 g/mol. The van der Waals surface area contributed by atoms with Crippen LogP contribution in [0, 0.1) is 0 Å². The Hall–Kier alpha value is -1.46. The Morgan fingerprint density at radius 2 is 2.21 bits per heavy atom. The molecule has 0 heterocycles. The van der Waals surface area contributed by atoms with E-state index in [2.05, 4.69) is 10.1 Å². The van der Waals surface area contributed by atoms with E-state index >= 15 is 0 Å². The highest BCUT2D eigenvalue weighted by atomic mass is 35.5. The molecule has 3 N–H and O–H groups in total. The standard InChI is InChI=1S/C13H20ClN3O2/c1-3-17(8-9-19-4-2)11-7-5-6-10(14)12(11)13(15)16-18/h5-7,18H,3-4,8-9H2,1-2H3,(H2,15,16). The molecule has 0 aliphatic carbocycles. The first-order chi connectivity index (χ1) is 9.15. The summed E-state index contributed by atoms with van der Waals surface area (Å²) in [5.74, 6) is 0.00969. The van der Waals surface area contributed by atoms with Crippen molar-refractivity contribution in [3.63, 3.8) is 0 Å². The van der Waals surface area contributed by atoms with Gasteiger partial charge in [0.2, 0.25) is 0 Å². The van der Waals surface area contributed by atoms with E-state index in [9.17, 15) is 0 Å². The predicted molar refractivity (Wildman–Crippen MR) is 78.3 cm³/mol. The molecule has 0 unspecified atom stereocenters. The van der Waals surface area contributed by atoms with Crippen LogP contribution in [0.3, 0.4) is 0 Å². The minimum absolute atomic E-state index is 0.00969. The molecule has 0 bridgehead atoms. The SMILES string of the molecule is CCOCCN(CC)c1cccc(Cl)c1/C(N)=N/O. The van der Waals surface area contributed by atoms with Crippen molar-refractivity contribution in [2.75, 3.05) is 31.2 Å². The number of hydrogen-bond acceptors (Lipinski definition) is 4. The topological polar surface area (TPSA) is 71.1 Å². The molecule has 1 rings (SSSR count). The molecular weight excluding hydrogens is 266 g/mol. The van der Waals surface area contributed by atoms with Gasteiger partial charge in [0.05, 0.1) is 17.2 Å². The Bertz CT molecular complexity index is 438. The second-order valence-electron chi connectivity index (χ2n) is 3.90. The number of nitrogens with zero attached hydrogens (tertiary/aromatic N) is 2. The van der Waals surface area contributed by atoms with Gasteiger partial charge in [-0.3, -0.25) is 0 Å². The molecule has 19 heavy (non-hydrogen) atoms. The van der Waals surface area contributed by atoms with Crippen LogP contribution < -0.4 is 10.6 Å². The summed E-state index contributed by atoms with van der Waals surface area (Å²) in [7, 11) is 0. The molecule has 0 saturated heterocycles. The van der Waals surface area contributed by atoms with E-state index in [4.69, 9.17) is 27.3 Å². The molecule has 0 spiro atoms. The van der Waals surface area contributed by atoms with Crippen LogP contribution in [0.2, 0.25) is 5.02 Å². The Morgan fingerprint density at radius 1 is 1.47 bits per heavy atom. The van der Waals surface area contributed by atoms with Crippen molar-refractivity contribution in [1.29, 1.82) is 0 Å². The average molecular weight is 286 g/mol. The smallest absolute Gasteiger partial charge is 0.173 e. The minimum atomic E-state index is 0.00969. The van der Waals surface area contributed by atoms with Gasteiger partial charge in [-0.15, -0.1) is 0 Å². The first kappa shape index (κ1) is 15.6. The van der Waals surface area contributed by atoms with Crippen molar-refractivity contribution < 1.29 is 9.94 Å². The largest absolute Gasteiger partial charge is 0.409 e. The highest BCUT2D eigenvalue weighted by Gasteiger charge is 2.16. The van der Waals surface area contributed by atoms with Gasteiger partial charge in [0, 0.05) is 25.4 Å². The molecule has 106 valence electrons. The summed E-state index contributed by atoms with van der Waals surface area (Å²) in [6, 6.07) is 5.46. The minimum Gasteiger partial charge on any atom is -0.409 e. The van der Waals surface area contributed by atoms with Crippen molar-refractivity contribution in [3.8, 4) is 0 Å². The van der Waals surface area contributed by atoms with E-state index in [1.54, 1.807) is 6.07 Å². The van der Waals surface area contributed by atoms with Crippen molar-refractivity contribution >= 4 is 23.1 Å². The molecule has 1 aromatic carbocycles. The number of halogens is 1. The lowest BCUT2D eigenvalue weighted by Crippen LogP contribution is -2.30. The number of anilines is 1. The zero-order chi connectivity index (χ0) is 14.3. The number of amidine groups is 1. The number of benzene rings is 1. The molecule has 0 radical (unpaired) electrons. The maximum atomic E-state index is 8.87. The number of ether oxygens (including phenoxy) is 1. The summed E-state index contributed by atoms with van der Waals surface area (Å²) in [6.07, 6.45) is 0. The molecule has 5 nitrogen and oxygen atoms in total. The molecule has 0 saturated carbocycles. The van der Waals surface area contributed by atoms with E-state index < -0.39 is 0 Å². The Kier molecular flexibility index (Phi) is 6.45. The Morgan fingerprint density at radius 3 is 2.79 bits per heavy atom. The van der Waals surface area contributed by atoms with Crippen LogP contribution in [-0.4, -0.2) is 37.3 Å². The van der Waals surface area contributed by atoms with Crippen LogP contribution >= 0.6 is 11.6 Å². The fourth-order valence-electron chi connectivity index (χ4n) is 1.85. The number of oxime groups is 1. The molecule has 0 aromatic heterocycles. The van der Waals surface area contributed by atoms with Crippen LogP contribution in [0.15, 0.2) is 23.4 Å². The Balaban J connectivity index is 3.06. The molecule has 0 atom stereocenters. The number of nitrogens with two attached hydrogens (primary N) is 1. The third-order valence-corrected chi connectivity index (χ3v) is 3.10. The quantitative estimate of drug-likeness (QED) is 0.265. The third-order valence-electron chi connectivity index (χ3n) is 2.79. The number of rotatable bonds is 7. The third kappa shape index (κ3) is 4.01. The highest BCUT2D eigenvalue weighted by Crippen LogP contribution is 2.27. The zero-order valence-corrected chi connectivity index (χ0v) is 12.0. The van der Waals surface area contributed by atoms with Crippen molar-refractivity contribution in [3.05, 3.63) is 28.8 Å². The van der Waals surface area contributed by atoms with Crippen LogP contribution in [0.5, 0.6) is 0 Å². The molecule has 0 aliphatic heterocycles. The molecule has 0 amide bonds. The predicted octanol–water partition coefficient (Wildman–Crippen LogP) is 2.30. The summed E-state index contributed by atoms with van der Waals surface area (Å²) in [6.45, 7) is 6.78. The number of hydrogen-bond donors (Lipinski definition) is 2. The summed E-state index contributed by atoms with van der Waals surface area (Å²) >= 11 is 6.14. The van der Waals surface area contributed by atoms with Gasteiger partial charge < -0.3 is 20.6 Å². The second kappa shape index (κ2) is 7.86. The molecule has 0 aliphatic rings. The lowest BCUT2D eigenvalue weighted by molar-refractivity contribution is 0.154. The van der Waals surface area contributed by atoms with E-state index in [0.717, 1.165) is 18.8 Å². The molecular formula is C13H20ClN3O2. The van der Waals surface area contributed by atoms with Crippen molar-refractivity contribution in [2.45, 2.75) is 13.8 Å². The zero-order valence-electron chi connectivity index (χ0n) is 11.3. The van der Waals surface area contributed by atoms with Crippen molar-refractivity contribution in [2.24, 2.45) is 10.9 Å². The maximum Gasteiger partial charge on any atom is 0.173 e. The summed E-state index contributed by atoms with van der Waals surface area (Å²) < 4.78 is 5.36. The van der Waals surface area contributed by atoms with E-state index in [0.29, 0.717) is 23.8 Å². The van der Waals surface area contributed by atoms with Gasteiger partial charge in [-0.1, -0.05) is 22.8 Å².